The second kappa shape index (κ2) is 9.23. The number of amides is 2. The van der Waals surface area contributed by atoms with Gasteiger partial charge in [0.15, 0.2) is 0 Å². The number of halogens is 4. The molecule has 1 aliphatic rings. The Morgan fingerprint density at radius 1 is 1.26 bits per heavy atom. The van der Waals surface area contributed by atoms with Crippen molar-refractivity contribution in [1.29, 1.82) is 0 Å². The molecule has 2 aromatic carbocycles. The van der Waals surface area contributed by atoms with E-state index in [-0.39, 0.29) is 21.5 Å². The number of hydrogen-bond acceptors (Lipinski definition) is 3. The molecule has 2 N–H and O–H groups in total. The Hall–Kier alpha value is -2.65. The summed E-state index contributed by atoms with van der Waals surface area (Å²) >= 11 is 3.02. The average Bonchev–Trinajstić information content (AvgIpc) is 2.75. The third-order valence-corrected chi connectivity index (χ3v) is 5.58. The zero-order chi connectivity index (χ0) is 22.8. The smallest absolute Gasteiger partial charge is 0.394 e. The van der Waals surface area contributed by atoms with Crippen LogP contribution in [0.25, 0.3) is 0 Å². The number of carbonyl (C=O) groups is 2. The molecule has 0 aromatic heterocycles. The number of alkyl halides is 3. The summed E-state index contributed by atoms with van der Waals surface area (Å²) in [4.78, 5) is 26.4. The summed E-state index contributed by atoms with van der Waals surface area (Å²) < 4.78 is 40.6. The van der Waals surface area contributed by atoms with Crippen LogP contribution in [-0.4, -0.2) is 30.1 Å². The maximum Gasteiger partial charge on any atom is 0.416 e. The number of nitrogens with zero attached hydrogens (tertiary/aromatic N) is 1. The van der Waals surface area contributed by atoms with E-state index in [1.807, 2.05) is 0 Å². The first-order chi connectivity index (χ1) is 14.7. The predicted molar refractivity (Wildman–Crippen MR) is 114 cm³/mol. The van der Waals surface area contributed by atoms with E-state index in [4.69, 9.17) is 0 Å². The minimum absolute atomic E-state index is 0.229. The fourth-order valence-electron chi connectivity index (χ4n) is 3.62. The van der Waals surface area contributed by atoms with Crippen molar-refractivity contribution < 1.29 is 27.9 Å². The van der Waals surface area contributed by atoms with Gasteiger partial charge in [0.25, 0.3) is 5.91 Å². The standard InChI is InChI=1S/C22H20BrF3N2O3/c1-2-20(30)28-9-3-4-13-10-14(5-8-19(13)28)21(31)27-18(12-29)16-7-6-15(23)11-17(16)22(24,25)26/h2,5-8,10-11,18,29H,1,3-4,9,12H2,(H,27,31). The lowest BCUT2D eigenvalue weighted by molar-refractivity contribution is -0.138. The van der Waals surface area contributed by atoms with Gasteiger partial charge >= 0.3 is 6.18 Å². The highest BCUT2D eigenvalue weighted by atomic mass is 79.9. The van der Waals surface area contributed by atoms with Gasteiger partial charge in [-0.1, -0.05) is 28.6 Å². The van der Waals surface area contributed by atoms with E-state index in [9.17, 15) is 27.9 Å². The molecule has 0 spiro atoms. The van der Waals surface area contributed by atoms with Crippen LogP contribution in [0.3, 0.4) is 0 Å². The summed E-state index contributed by atoms with van der Waals surface area (Å²) in [5.41, 5.74) is 0.529. The molecule has 31 heavy (non-hydrogen) atoms. The summed E-state index contributed by atoms with van der Waals surface area (Å²) in [5.74, 6) is -0.863. The van der Waals surface area contributed by atoms with Gasteiger partial charge in [0.2, 0.25) is 5.91 Å². The first-order valence-corrected chi connectivity index (χ1v) is 10.3. The number of hydrogen-bond donors (Lipinski definition) is 2. The first-order valence-electron chi connectivity index (χ1n) is 9.51. The molecule has 1 heterocycles. The van der Waals surface area contributed by atoms with Crippen molar-refractivity contribution in [3.05, 3.63) is 75.8 Å². The zero-order valence-corrected chi connectivity index (χ0v) is 18.0. The Kier molecular flexibility index (Phi) is 6.86. The van der Waals surface area contributed by atoms with E-state index >= 15 is 0 Å². The molecular formula is C22H20BrF3N2O3. The van der Waals surface area contributed by atoms with Crippen LogP contribution in [-0.2, 0) is 17.4 Å². The van der Waals surface area contributed by atoms with Gasteiger partial charge in [-0.25, -0.2) is 0 Å². The molecule has 0 radical (unpaired) electrons. The minimum Gasteiger partial charge on any atom is -0.394 e. The van der Waals surface area contributed by atoms with Crippen LogP contribution in [0.5, 0.6) is 0 Å². The van der Waals surface area contributed by atoms with Crippen LogP contribution < -0.4 is 10.2 Å². The predicted octanol–water partition coefficient (Wildman–Crippen LogP) is 4.40. The number of carbonyl (C=O) groups excluding carboxylic acids is 2. The molecule has 2 aromatic rings. The van der Waals surface area contributed by atoms with Gasteiger partial charge in [0.1, 0.15) is 0 Å². The molecule has 164 valence electrons. The normalized spacial score (nSPS) is 14.5. The van der Waals surface area contributed by atoms with Crippen LogP contribution in [0, 0.1) is 0 Å². The van der Waals surface area contributed by atoms with Gasteiger partial charge in [-0.3, -0.25) is 9.59 Å². The van der Waals surface area contributed by atoms with Crippen molar-refractivity contribution in [2.75, 3.05) is 18.1 Å². The third-order valence-electron chi connectivity index (χ3n) is 5.09. The number of fused-ring (bicyclic) bond motifs is 1. The van der Waals surface area contributed by atoms with Crippen molar-refractivity contribution in [2.24, 2.45) is 0 Å². The van der Waals surface area contributed by atoms with E-state index in [0.29, 0.717) is 25.1 Å². The summed E-state index contributed by atoms with van der Waals surface area (Å²) in [6.07, 6.45) is -2.06. The topological polar surface area (TPSA) is 69.6 Å². The Balaban J connectivity index is 1.88. The molecule has 1 atom stereocenters. The highest BCUT2D eigenvalue weighted by molar-refractivity contribution is 9.10. The number of aliphatic hydroxyl groups is 1. The molecule has 0 saturated carbocycles. The minimum atomic E-state index is -4.65. The number of aliphatic hydroxyl groups excluding tert-OH is 1. The number of benzene rings is 2. The third kappa shape index (κ3) is 4.99. The van der Waals surface area contributed by atoms with Crippen molar-refractivity contribution in [3.63, 3.8) is 0 Å². The summed E-state index contributed by atoms with van der Waals surface area (Å²) in [6.45, 7) is 3.33. The van der Waals surface area contributed by atoms with Gasteiger partial charge in [-0.2, -0.15) is 13.2 Å². The van der Waals surface area contributed by atoms with Crippen molar-refractivity contribution >= 4 is 33.4 Å². The zero-order valence-electron chi connectivity index (χ0n) is 16.4. The van der Waals surface area contributed by atoms with Crippen LogP contribution >= 0.6 is 15.9 Å². The molecule has 3 rings (SSSR count). The van der Waals surface area contributed by atoms with Crippen LogP contribution in [0.4, 0.5) is 18.9 Å². The van der Waals surface area contributed by atoms with Crippen LogP contribution in [0.15, 0.2) is 53.5 Å². The van der Waals surface area contributed by atoms with Gasteiger partial charge in [0.05, 0.1) is 18.2 Å². The first kappa shape index (κ1) is 23.0. The SMILES string of the molecule is C=CC(=O)N1CCCc2cc(C(=O)NC(CO)c3ccc(Br)cc3C(F)(F)F)ccc21. The van der Waals surface area contributed by atoms with E-state index < -0.39 is 30.3 Å². The number of rotatable bonds is 5. The molecular weight excluding hydrogens is 477 g/mol. The van der Waals surface area contributed by atoms with E-state index in [1.165, 1.54) is 24.3 Å². The highest BCUT2D eigenvalue weighted by Gasteiger charge is 2.36. The van der Waals surface area contributed by atoms with Crippen molar-refractivity contribution in [3.8, 4) is 0 Å². The summed E-state index contributed by atoms with van der Waals surface area (Å²) in [7, 11) is 0. The molecule has 0 aliphatic carbocycles. The molecule has 2 amide bonds. The molecule has 1 unspecified atom stereocenters. The summed E-state index contributed by atoms with van der Waals surface area (Å²) in [6, 6.07) is 7.07. The van der Waals surface area contributed by atoms with Gasteiger partial charge in [-0.15, -0.1) is 0 Å². The maximum atomic E-state index is 13.5. The van der Waals surface area contributed by atoms with E-state index in [0.717, 1.165) is 11.6 Å². The van der Waals surface area contributed by atoms with Crippen LogP contribution in [0.1, 0.15) is 39.5 Å². The Bertz CT molecular complexity index is 1020. The Morgan fingerprint density at radius 3 is 2.65 bits per heavy atom. The second-order valence-electron chi connectivity index (χ2n) is 7.08. The Labute approximate surface area is 185 Å². The maximum absolute atomic E-state index is 13.5. The average molecular weight is 497 g/mol. The van der Waals surface area contributed by atoms with Gasteiger partial charge in [-0.05, 0) is 60.4 Å². The highest BCUT2D eigenvalue weighted by Crippen LogP contribution is 2.36. The van der Waals surface area contributed by atoms with E-state index in [1.54, 1.807) is 17.0 Å². The fraction of sp³-hybridized carbons (Fsp3) is 0.273. The fourth-order valence-corrected chi connectivity index (χ4v) is 3.98. The van der Waals surface area contributed by atoms with Gasteiger partial charge < -0.3 is 15.3 Å². The van der Waals surface area contributed by atoms with Crippen molar-refractivity contribution in [2.45, 2.75) is 25.1 Å². The monoisotopic (exact) mass is 496 g/mol. The molecule has 5 nitrogen and oxygen atoms in total. The molecule has 0 bridgehead atoms. The lowest BCUT2D eigenvalue weighted by Gasteiger charge is -2.29. The lowest BCUT2D eigenvalue weighted by atomic mass is 9.97. The Morgan fingerprint density at radius 2 is 2.00 bits per heavy atom. The second-order valence-corrected chi connectivity index (χ2v) is 7.99. The largest absolute Gasteiger partial charge is 0.416 e. The molecule has 0 fully saturated rings. The number of nitrogens with one attached hydrogen (secondary N) is 1. The van der Waals surface area contributed by atoms with E-state index in [2.05, 4.69) is 27.8 Å². The molecule has 0 saturated heterocycles. The number of aryl methyl sites for hydroxylation is 1. The van der Waals surface area contributed by atoms with Gasteiger partial charge in [0, 0.05) is 22.3 Å². The van der Waals surface area contributed by atoms with Crippen molar-refractivity contribution in [1.82, 2.24) is 5.32 Å². The number of anilines is 1. The molecule has 1 aliphatic heterocycles. The van der Waals surface area contributed by atoms with Crippen LogP contribution in [0.2, 0.25) is 0 Å². The summed E-state index contributed by atoms with van der Waals surface area (Å²) in [5, 5.41) is 12.2. The molecule has 9 heteroatoms. The quantitative estimate of drug-likeness (QED) is 0.602. The lowest BCUT2D eigenvalue weighted by Crippen LogP contribution is -2.35.